The van der Waals surface area contributed by atoms with Gasteiger partial charge in [0.05, 0.1) is 17.9 Å². The summed E-state index contributed by atoms with van der Waals surface area (Å²) >= 11 is 0. The molecular weight excluding hydrogens is 274 g/mol. The van der Waals surface area contributed by atoms with Gasteiger partial charge in [-0.3, -0.25) is 14.1 Å². The number of carbonyl (C=O) groups is 2. The third kappa shape index (κ3) is 8.89. The average Bonchev–Trinajstić information content (AvgIpc) is 2.36. The monoisotopic (exact) mass is 289 g/mol. The number of carboxylic acid groups (broad SMARTS) is 1. The summed E-state index contributed by atoms with van der Waals surface area (Å²) in [5.74, 6) is -1.17. The molecule has 0 aliphatic heterocycles. The van der Waals surface area contributed by atoms with Crippen molar-refractivity contribution in [3.8, 4) is 0 Å². The molecule has 0 amide bonds. The molecule has 8 heteroatoms. The molecule has 0 fully saturated rings. The highest BCUT2D eigenvalue weighted by atomic mass is 32.2. The lowest BCUT2D eigenvalue weighted by Crippen LogP contribution is -2.14. The van der Waals surface area contributed by atoms with Gasteiger partial charge in [0, 0.05) is 6.42 Å². The Labute approximate surface area is 110 Å². The Hall–Kier alpha value is -1.77. The van der Waals surface area contributed by atoms with Crippen molar-refractivity contribution in [2.75, 3.05) is 6.54 Å². The molecule has 1 aromatic rings. The topological polar surface area (TPSA) is 135 Å². The van der Waals surface area contributed by atoms with E-state index in [0.717, 1.165) is 0 Å². The summed E-state index contributed by atoms with van der Waals surface area (Å²) in [6, 6.07) is 7.42. The molecule has 0 saturated carbocycles. The summed E-state index contributed by atoms with van der Waals surface area (Å²) in [6.07, 6.45) is -0.0676. The van der Waals surface area contributed by atoms with Crippen LogP contribution in [-0.4, -0.2) is 36.4 Å². The molecule has 0 aromatic heterocycles. The lowest BCUT2D eigenvalue weighted by Gasteiger charge is -1.92. The number of rotatable bonds is 5. The summed E-state index contributed by atoms with van der Waals surface area (Å²) in [6.45, 7) is -0.0622. The number of carboxylic acids is 1. The van der Waals surface area contributed by atoms with Crippen LogP contribution in [0.1, 0.15) is 12.8 Å². The number of aliphatic carboxylic acids is 1. The van der Waals surface area contributed by atoms with E-state index in [0.29, 0.717) is 0 Å². The van der Waals surface area contributed by atoms with E-state index in [1.165, 1.54) is 12.1 Å². The number of nitrogens with two attached hydrogens (primary N) is 1. The van der Waals surface area contributed by atoms with Gasteiger partial charge in [0.25, 0.3) is 10.1 Å². The van der Waals surface area contributed by atoms with Crippen molar-refractivity contribution < 1.29 is 27.7 Å². The number of hydrogen-bond donors (Lipinski definition) is 3. The first-order valence-electron chi connectivity index (χ1n) is 5.23. The highest BCUT2D eigenvalue weighted by Gasteiger charge is 2.05. The van der Waals surface area contributed by atoms with Gasteiger partial charge in [-0.1, -0.05) is 18.2 Å². The van der Waals surface area contributed by atoms with Crippen LogP contribution < -0.4 is 5.73 Å². The molecular formula is C11H15NO6S. The van der Waals surface area contributed by atoms with Crippen LogP contribution in [-0.2, 0) is 19.7 Å². The standard InChI is InChI=1S/C6H6O3S.C5H9NO3/c7-10(8,9)6-4-2-1-3-5-6;6-3-4(7)1-2-5(8)9/h1-5H,(H,7,8,9);1-3,6H2,(H,8,9). The van der Waals surface area contributed by atoms with Crippen molar-refractivity contribution in [3.05, 3.63) is 30.3 Å². The zero-order valence-corrected chi connectivity index (χ0v) is 10.8. The Balaban J connectivity index is 0.000000344. The third-order valence-corrected chi connectivity index (χ3v) is 2.75. The molecule has 106 valence electrons. The SMILES string of the molecule is NCC(=O)CCC(=O)O.O=S(=O)(O)c1ccccc1. The molecule has 0 heterocycles. The molecule has 0 spiro atoms. The molecule has 0 radical (unpaired) electrons. The highest BCUT2D eigenvalue weighted by Crippen LogP contribution is 2.05. The Bertz CT molecular complexity index is 511. The van der Waals surface area contributed by atoms with E-state index in [9.17, 15) is 18.0 Å². The predicted octanol–water partition coefficient (Wildman–Crippen LogP) is 0.312. The number of benzene rings is 1. The van der Waals surface area contributed by atoms with E-state index in [2.05, 4.69) is 0 Å². The van der Waals surface area contributed by atoms with Crippen LogP contribution in [0, 0.1) is 0 Å². The van der Waals surface area contributed by atoms with Gasteiger partial charge in [0.1, 0.15) is 5.78 Å². The van der Waals surface area contributed by atoms with E-state index >= 15 is 0 Å². The van der Waals surface area contributed by atoms with Crippen LogP contribution in [0.5, 0.6) is 0 Å². The normalized spacial score (nSPS) is 10.2. The molecule has 19 heavy (non-hydrogen) atoms. The summed E-state index contributed by atoms with van der Waals surface area (Å²) in [4.78, 5) is 20.1. The summed E-state index contributed by atoms with van der Waals surface area (Å²) in [7, 11) is -4.00. The first-order valence-corrected chi connectivity index (χ1v) is 6.67. The minimum Gasteiger partial charge on any atom is -0.481 e. The van der Waals surface area contributed by atoms with Gasteiger partial charge in [0.2, 0.25) is 0 Å². The highest BCUT2D eigenvalue weighted by molar-refractivity contribution is 7.85. The van der Waals surface area contributed by atoms with Crippen LogP contribution in [0.15, 0.2) is 35.2 Å². The Morgan fingerprint density at radius 2 is 1.63 bits per heavy atom. The average molecular weight is 289 g/mol. The zero-order chi connectivity index (χ0) is 14.9. The molecule has 0 saturated heterocycles. The van der Waals surface area contributed by atoms with Crippen LogP contribution >= 0.6 is 0 Å². The van der Waals surface area contributed by atoms with Gasteiger partial charge in [-0.15, -0.1) is 0 Å². The largest absolute Gasteiger partial charge is 0.481 e. The molecule has 4 N–H and O–H groups in total. The van der Waals surface area contributed by atoms with Gasteiger partial charge < -0.3 is 10.8 Å². The fourth-order valence-corrected chi connectivity index (χ4v) is 1.44. The van der Waals surface area contributed by atoms with Gasteiger partial charge in [-0.25, -0.2) is 0 Å². The molecule has 0 aliphatic rings. The smallest absolute Gasteiger partial charge is 0.303 e. The summed E-state index contributed by atoms with van der Waals surface area (Å²) in [5, 5.41) is 8.06. The maximum Gasteiger partial charge on any atom is 0.303 e. The van der Waals surface area contributed by atoms with Gasteiger partial charge in [-0.05, 0) is 12.1 Å². The predicted molar refractivity (Wildman–Crippen MR) is 67.2 cm³/mol. The Kier molecular flexibility index (Phi) is 7.57. The number of carbonyl (C=O) groups excluding carboxylic acids is 1. The van der Waals surface area contributed by atoms with Gasteiger partial charge in [0.15, 0.2) is 0 Å². The molecule has 7 nitrogen and oxygen atoms in total. The van der Waals surface area contributed by atoms with Crippen molar-refractivity contribution in [2.45, 2.75) is 17.7 Å². The fourth-order valence-electron chi connectivity index (χ4n) is 0.941. The molecule has 1 rings (SSSR count). The first-order chi connectivity index (χ1) is 8.77. The van der Waals surface area contributed by atoms with E-state index < -0.39 is 16.1 Å². The molecule has 0 atom stereocenters. The molecule has 1 aromatic carbocycles. The van der Waals surface area contributed by atoms with E-state index in [1.54, 1.807) is 18.2 Å². The van der Waals surface area contributed by atoms with Gasteiger partial charge >= 0.3 is 5.97 Å². The van der Waals surface area contributed by atoms with Crippen molar-refractivity contribution in [3.63, 3.8) is 0 Å². The van der Waals surface area contributed by atoms with Crippen LogP contribution in [0.2, 0.25) is 0 Å². The van der Waals surface area contributed by atoms with Crippen molar-refractivity contribution in [1.29, 1.82) is 0 Å². The van der Waals surface area contributed by atoms with Gasteiger partial charge in [-0.2, -0.15) is 8.42 Å². The molecule has 0 unspecified atom stereocenters. The maximum atomic E-state index is 10.4. The van der Waals surface area contributed by atoms with E-state index in [4.69, 9.17) is 15.4 Å². The maximum absolute atomic E-state index is 10.4. The lowest BCUT2D eigenvalue weighted by atomic mass is 10.2. The Morgan fingerprint density at radius 1 is 1.11 bits per heavy atom. The van der Waals surface area contributed by atoms with Crippen LogP contribution in [0.25, 0.3) is 0 Å². The van der Waals surface area contributed by atoms with E-state index in [1.807, 2.05) is 0 Å². The minimum absolute atomic E-state index is 0.0475. The van der Waals surface area contributed by atoms with Crippen molar-refractivity contribution in [1.82, 2.24) is 0 Å². The van der Waals surface area contributed by atoms with Crippen molar-refractivity contribution in [2.24, 2.45) is 5.73 Å². The third-order valence-electron chi connectivity index (χ3n) is 1.89. The fraction of sp³-hybridized carbons (Fsp3) is 0.273. The minimum atomic E-state index is -4.00. The van der Waals surface area contributed by atoms with Crippen LogP contribution in [0.4, 0.5) is 0 Å². The first kappa shape index (κ1) is 17.2. The number of Topliss-reactive ketones (excluding diaryl/α,β-unsaturated/α-hetero) is 1. The molecule has 0 bridgehead atoms. The van der Waals surface area contributed by atoms with E-state index in [-0.39, 0.29) is 30.1 Å². The second kappa shape index (κ2) is 8.35. The van der Waals surface area contributed by atoms with Crippen LogP contribution in [0.3, 0.4) is 0 Å². The lowest BCUT2D eigenvalue weighted by molar-refractivity contribution is -0.138. The molecule has 0 aliphatic carbocycles. The van der Waals surface area contributed by atoms with Crippen molar-refractivity contribution >= 4 is 21.9 Å². The second-order valence-electron chi connectivity index (χ2n) is 3.42. The second-order valence-corrected chi connectivity index (χ2v) is 4.85. The summed E-state index contributed by atoms with van der Waals surface area (Å²) < 4.78 is 29.2. The summed E-state index contributed by atoms with van der Waals surface area (Å²) in [5.41, 5.74) is 4.92. The zero-order valence-electron chi connectivity index (χ0n) is 10.0. The Morgan fingerprint density at radius 3 is 1.95 bits per heavy atom. The number of hydrogen-bond acceptors (Lipinski definition) is 5. The quantitative estimate of drug-likeness (QED) is 0.664. The number of ketones is 1.